The number of carbonyl (C=O) groups excluding carboxylic acids is 1. The zero-order valence-electron chi connectivity index (χ0n) is 11.1. The summed E-state index contributed by atoms with van der Waals surface area (Å²) in [5, 5.41) is -0.477. The highest BCUT2D eigenvalue weighted by atomic mass is 19.4. The molecule has 2 aromatic rings. The molecular weight excluding hydrogens is 311 g/mol. The van der Waals surface area contributed by atoms with Crippen LogP contribution >= 0.6 is 0 Å². The molecule has 0 saturated carbocycles. The summed E-state index contributed by atoms with van der Waals surface area (Å²) in [7, 11) is 0.989. The fraction of sp³-hybridized carbons (Fsp3) is 0.214. The molecule has 0 aliphatic carbocycles. The minimum absolute atomic E-state index is 0.0561. The van der Waals surface area contributed by atoms with Gasteiger partial charge >= 0.3 is 12.1 Å². The van der Waals surface area contributed by atoms with Gasteiger partial charge in [-0.1, -0.05) is 12.1 Å². The zero-order valence-corrected chi connectivity index (χ0v) is 11.1. The van der Waals surface area contributed by atoms with E-state index in [0.717, 1.165) is 19.2 Å². The van der Waals surface area contributed by atoms with Crippen molar-refractivity contribution in [1.29, 1.82) is 0 Å². The third-order valence-corrected chi connectivity index (χ3v) is 3.05. The van der Waals surface area contributed by atoms with E-state index >= 15 is 0 Å². The highest BCUT2D eigenvalue weighted by Crippen LogP contribution is 2.50. The summed E-state index contributed by atoms with van der Waals surface area (Å²) in [4.78, 5) is 10.4. The van der Waals surface area contributed by atoms with E-state index in [2.05, 4.69) is 9.47 Å². The van der Waals surface area contributed by atoms with Gasteiger partial charge in [-0.2, -0.15) is 22.0 Å². The molecule has 0 atom stereocenters. The van der Waals surface area contributed by atoms with Crippen LogP contribution in [0.1, 0.15) is 5.56 Å². The number of benzene rings is 2. The lowest BCUT2D eigenvalue weighted by Crippen LogP contribution is -2.34. The lowest BCUT2D eigenvalue weighted by molar-refractivity contribution is -0.289. The normalized spacial score (nSPS) is 12.3. The first-order chi connectivity index (χ1) is 10.2. The summed E-state index contributed by atoms with van der Waals surface area (Å²) >= 11 is 0. The molecule has 3 nitrogen and oxygen atoms in total. The van der Waals surface area contributed by atoms with Crippen molar-refractivity contribution in [1.82, 2.24) is 0 Å². The molecule has 0 spiro atoms. The number of carbonyl (C=O) groups is 1. The average molecular weight is 320 g/mol. The molecule has 0 aliphatic heterocycles. The maximum atomic E-state index is 13.8. The minimum atomic E-state index is -5.80. The summed E-state index contributed by atoms with van der Waals surface area (Å²) in [5.41, 5.74) is -1.32. The third kappa shape index (κ3) is 2.44. The lowest BCUT2D eigenvalue weighted by Gasteiger charge is -2.23. The number of hydrogen-bond acceptors (Lipinski definition) is 3. The fourth-order valence-electron chi connectivity index (χ4n) is 2.10. The summed E-state index contributed by atoms with van der Waals surface area (Å²) in [5.74, 6) is -5.87. The Labute approximate surface area is 121 Å². The largest absolute Gasteiger partial charge is 0.496 e. The average Bonchev–Trinajstić information content (AvgIpc) is 2.45. The second-order valence-electron chi connectivity index (χ2n) is 4.28. The minimum Gasteiger partial charge on any atom is -0.496 e. The first kappa shape index (κ1) is 16.0. The summed E-state index contributed by atoms with van der Waals surface area (Å²) < 4.78 is 75.1. The Hall–Kier alpha value is -2.38. The van der Waals surface area contributed by atoms with Gasteiger partial charge in [0.2, 0.25) is 0 Å². The molecule has 118 valence electrons. The van der Waals surface area contributed by atoms with Crippen LogP contribution in [0.4, 0.5) is 22.0 Å². The Bertz CT molecular complexity index is 709. The molecule has 0 radical (unpaired) electrons. The van der Waals surface area contributed by atoms with Crippen LogP contribution in [0.15, 0.2) is 30.3 Å². The van der Waals surface area contributed by atoms with E-state index in [1.54, 1.807) is 0 Å². The zero-order chi connectivity index (χ0) is 16.5. The number of ether oxygens (including phenoxy) is 2. The SMILES string of the molecule is COc1ccc2c(OC=O)cccc2c1C(F)(F)C(F)(F)F. The maximum absolute atomic E-state index is 13.8. The van der Waals surface area contributed by atoms with E-state index in [1.165, 1.54) is 18.2 Å². The van der Waals surface area contributed by atoms with Gasteiger partial charge in [-0.15, -0.1) is 0 Å². The molecule has 0 saturated heterocycles. The van der Waals surface area contributed by atoms with Gasteiger partial charge in [0.15, 0.2) is 0 Å². The molecule has 2 rings (SSSR count). The van der Waals surface area contributed by atoms with Gasteiger partial charge < -0.3 is 9.47 Å². The maximum Gasteiger partial charge on any atom is 0.458 e. The molecule has 0 heterocycles. The Morgan fingerprint density at radius 2 is 1.64 bits per heavy atom. The molecule has 0 aliphatic rings. The molecule has 8 heteroatoms. The van der Waals surface area contributed by atoms with Crippen molar-refractivity contribution in [2.45, 2.75) is 12.1 Å². The molecule has 2 aromatic carbocycles. The fourth-order valence-corrected chi connectivity index (χ4v) is 2.10. The Morgan fingerprint density at radius 1 is 0.955 bits per heavy atom. The van der Waals surface area contributed by atoms with Gasteiger partial charge in [-0.05, 0) is 23.6 Å². The van der Waals surface area contributed by atoms with Crippen molar-refractivity contribution >= 4 is 17.2 Å². The van der Waals surface area contributed by atoms with Crippen molar-refractivity contribution in [3.63, 3.8) is 0 Å². The van der Waals surface area contributed by atoms with E-state index in [0.29, 0.717) is 0 Å². The lowest BCUT2D eigenvalue weighted by atomic mass is 9.97. The van der Waals surface area contributed by atoms with Crippen LogP contribution in [0, 0.1) is 0 Å². The van der Waals surface area contributed by atoms with E-state index in [-0.39, 0.29) is 17.6 Å². The van der Waals surface area contributed by atoms with Crippen LogP contribution in [0.25, 0.3) is 10.8 Å². The molecule has 0 amide bonds. The van der Waals surface area contributed by atoms with Gasteiger partial charge in [0.25, 0.3) is 6.47 Å². The summed E-state index contributed by atoms with van der Waals surface area (Å²) in [6, 6.07) is 5.76. The monoisotopic (exact) mass is 320 g/mol. The van der Waals surface area contributed by atoms with Crippen LogP contribution in [0.2, 0.25) is 0 Å². The van der Waals surface area contributed by atoms with Gasteiger partial charge in [0.05, 0.1) is 12.7 Å². The van der Waals surface area contributed by atoms with Crippen LogP contribution < -0.4 is 9.47 Å². The van der Waals surface area contributed by atoms with E-state index in [1.807, 2.05) is 0 Å². The molecule has 0 aromatic heterocycles. The number of halogens is 5. The van der Waals surface area contributed by atoms with Crippen molar-refractivity contribution in [3.8, 4) is 11.5 Å². The molecule has 22 heavy (non-hydrogen) atoms. The molecular formula is C14H9F5O3. The van der Waals surface area contributed by atoms with Crippen LogP contribution in [0.3, 0.4) is 0 Å². The van der Waals surface area contributed by atoms with E-state index in [4.69, 9.17) is 0 Å². The van der Waals surface area contributed by atoms with Crippen LogP contribution in [0.5, 0.6) is 11.5 Å². The Balaban J connectivity index is 2.86. The van der Waals surface area contributed by atoms with E-state index in [9.17, 15) is 26.7 Å². The van der Waals surface area contributed by atoms with Crippen molar-refractivity contribution in [3.05, 3.63) is 35.9 Å². The Kier molecular flexibility index (Phi) is 3.95. The van der Waals surface area contributed by atoms with Crippen LogP contribution in [-0.2, 0) is 10.7 Å². The number of rotatable bonds is 4. The van der Waals surface area contributed by atoms with Crippen molar-refractivity contribution in [2.24, 2.45) is 0 Å². The number of methoxy groups -OCH3 is 1. The van der Waals surface area contributed by atoms with Crippen molar-refractivity contribution in [2.75, 3.05) is 7.11 Å². The smallest absolute Gasteiger partial charge is 0.458 e. The number of hydrogen-bond donors (Lipinski definition) is 0. The first-order valence-corrected chi connectivity index (χ1v) is 5.89. The van der Waals surface area contributed by atoms with Gasteiger partial charge in [-0.25, -0.2) is 0 Å². The highest BCUT2D eigenvalue weighted by Gasteiger charge is 2.60. The summed E-state index contributed by atoms with van der Waals surface area (Å²) in [6.45, 7) is 0.0561. The quantitative estimate of drug-likeness (QED) is 0.630. The van der Waals surface area contributed by atoms with Gasteiger partial charge in [0, 0.05) is 5.39 Å². The van der Waals surface area contributed by atoms with Crippen LogP contribution in [-0.4, -0.2) is 19.8 Å². The standard InChI is InChI=1S/C14H9F5O3/c1-21-11-6-5-8-9(3-2-4-10(8)22-7-20)12(11)13(15,16)14(17,18)19/h2-7H,1H3. The first-order valence-electron chi connectivity index (χ1n) is 5.89. The second kappa shape index (κ2) is 5.43. The number of alkyl halides is 5. The molecule has 0 bridgehead atoms. The predicted molar refractivity (Wildman–Crippen MR) is 67.1 cm³/mol. The summed E-state index contributed by atoms with van der Waals surface area (Å²) in [6.07, 6.45) is -5.80. The van der Waals surface area contributed by atoms with E-state index < -0.39 is 28.8 Å². The van der Waals surface area contributed by atoms with Gasteiger partial charge in [0.1, 0.15) is 11.5 Å². The predicted octanol–water partition coefficient (Wildman–Crippen LogP) is 4.04. The van der Waals surface area contributed by atoms with Gasteiger partial charge in [-0.3, -0.25) is 4.79 Å². The second-order valence-corrected chi connectivity index (χ2v) is 4.28. The molecule has 0 N–H and O–H groups in total. The topological polar surface area (TPSA) is 35.5 Å². The molecule has 0 fully saturated rings. The molecule has 0 unspecified atom stereocenters. The van der Waals surface area contributed by atoms with Crippen molar-refractivity contribution < 1.29 is 36.2 Å². The highest BCUT2D eigenvalue weighted by molar-refractivity contribution is 5.93. The third-order valence-electron chi connectivity index (χ3n) is 3.05. The number of fused-ring (bicyclic) bond motifs is 1. The Morgan fingerprint density at radius 3 is 2.18 bits per heavy atom.